The highest BCUT2D eigenvalue weighted by Gasteiger charge is 2.21. The van der Waals surface area contributed by atoms with E-state index >= 15 is 0 Å². The molecule has 10 heteroatoms. The highest BCUT2D eigenvalue weighted by molar-refractivity contribution is 9.10. The fraction of sp³-hybridized carbons (Fsp3) is 0.120. The maximum atomic E-state index is 12.8. The lowest BCUT2D eigenvalue weighted by Crippen LogP contribution is -2.26. The van der Waals surface area contributed by atoms with Crippen molar-refractivity contribution in [3.05, 3.63) is 95.0 Å². The van der Waals surface area contributed by atoms with Gasteiger partial charge >= 0.3 is 0 Å². The van der Waals surface area contributed by atoms with E-state index in [4.69, 9.17) is 9.47 Å². The van der Waals surface area contributed by atoms with Crippen molar-refractivity contribution in [3.8, 4) is 11.5 Å². The number of carbonyl (C=O) groups is 1. The molecule has 0 radical (unpaired) electrons. The summed E-state index contributed by atoms with van der Waals surface area (Å²) in [4.78, 5) is 12.7. The van der Waals surface area contributed by atoms with Crippen molar-refractivity contribution in [2.75, 3.05) is 25.1 Å². The summed E-state index contributed by atoms with van der Waals surface area (Å²) in [6.07, 6.45) is 3.10. The first-order chi connectivity index (χ1) is 16.8. The number of nitrogens with zero attached hydrogens (tertiary/aromatic N) is 2. The summed E-state index contributed by atoms with van der Waals surface area (Å²) in [7, 11) is -0.721. The van der Waals surface area contributed by atoms with Crippen LogP contribution in [0.4, 0.5) is 5.69 Å². The van der Waals surface area contributed by atoms with E-state index in [1.54, 1.807) is 48.5 Å². The number of methoxy groups -OCH3 is 1. The second kappa shape index (κ2) is 11.7. The van der Waals surface area contributed by atoms with E-state index in [1.165, 1.54) is 44.6 Å². The van der Waals surface area contributed by atoms with E-state index in [9.17, 15) is 13.2 Å². The second-order valence-corrected chi connectivity index (χ2v) is 9.99. The molecule has 0 aliphatic carbocycles. The average molecular weight is 558 g/mol. The third-order valence-electron chi connectivity index (χ3n) is 4.87. The van der Waals surface area contributed by atoms with Crippen molar-refractivity contribution >= 4 is 43.8 Å². The van der Waals surface area contributed by atoms with Crippen LogP contribution in [0.1, 0.15) is 15.9 Å². The van der Waals surface area contributed by atoms with Gasteiger partial charge in [0.1, 0.15) is 6.61 Å². The van der Waals surface area contributed by atoms with Crippen LogP contribution in [-0.4, -0.2) is 41.3 Å². The number of carbonyl (C=O) groups excluding carboxylic acids is 1. The van der Waals surface area contributed by atoms with E-state index < -0.39 is 15.9 Å². The normalized spacial score (nSPS) is 11.2. The summed E-state index contributed by atoms with van der Waals surface area (Å²) in [5, 5.41) is 4.00. The Balaban J connectivity index is 1.68. The van der Waals surface area contributed by atoms with Crippen LogP contribution >= 0.6 is 15.9 Å². The molecule has 1 amide bonds. The molecule has 0 bridgehead atoms. The lowest BCUT2D eigenvalue weighted by molar-refractivity contribution is 0.0955. The van der Waals surface area contributed by atoms with Crippen molar-refractivity contribution in [3.63, 3.8) is 0 Å². The minimum atomic E-state index is -3.71. The Morgan fingerprint density at radius 1 is 1.14 bits per heavy atom. The zero-order valence-corrected chi connectivity index (χ0v) is 21.5. The number of hydrazone groups is 1. The average Bonchev–Trinajstić information content (AvgIpc) is 2.87. The highest BCUT2D eigenvalue weighted by Crippen LogP contribution is 2.36. The van der Waals surface area contributed by atoms with Gasteiger partial charge in [-0.3, -0.25) is 9.10 Å². The molecule has 182 valence electrons. The largest absolute Gasteiger partial charge is 0.493 e. The van der Waals surface area contributed by atoms with Crippen LogP contribution in [0.15, 0.2) is 93.9 Å². The first kappa shape index (κ1) is 26.0. The standard InChI is InChI=1S/C25H24BrN3O5S/c1-4-14-34-24-22(26)15-18(16-23(24)33-3)17-27-28-25(30)19-10-12-20(13-11-19)29(2)35(31,32)21-8-6-5-7-9-21/h4-13,15-17H,1,14H2,2-3H3,(H,28,30). The molecule has 0 unspecified atom stereocenters. The minimum Gasteiger partial charge on any atom is -0.493 e. The number of anilines is 1. The van der Waals surface area contributed by atoms with Gasteiger partial charge in [-0.1, -0.05) is 30.9 Å². The Labute approximate surface area is 213 Å². The smallest absolute Gasteiger partial charge is 0.271 e. The Bertz CT molecular complexity index is 1330. The summed E-state index contributed by atoms with van der Waals surface area (Å²) in [6, 6.07) is 17.8. The van der Waals surface area contributed by atoms with Crippen molar-refractivity contribution < 1.29 is 22.7 Å². The number of sulfonamides is 1. The number of benzene rings is 3. The van der Waals surface area contributed by atoms with E-state index in [2.05, 4.69) is 33.0 Å². The Kier molecular flexibility index (Phi) is 8.67. The Morgan fingerprint density at radius 3 is 2.46 bits per heavy atom. The maximum absolute atomic E-state index is 12.8. The molecule has 0 saturated heterocycles. The summed E-state index contributed by atoms with van der Waals surface area (Å²) in [5.41, 5.74) is 3.87. The van der Waals surface area contributed by atoms with Gasteiger partial charge in [-0.25, -0.2) is 13.8 Å². The molecule has 35 heavy (non-hydrogen) atoms. The number of halogens is 1. The predicted octanol–water partition coefficient (Wildman–Crippen LogP) is 4.61. The molecular weight excluding hydrogens is 534 g/mol. The molecule has 0 aliphatic rings. The third kappa shape index (κ3) is 6.28. The van der Waals surface area contributed by atoms with Gasteiger partial charge in [0.05, 0.1) is 28.4 Å². The van der Waals surface area contributed by atoms with Crippen molar-refractivity contribution in [2.24, 2.45) is 5.10 Å². The lowest BCUT2D eigenvalue weighted by atomic mass is 10.2. The van der Waals surface area contributed by atoms with Crippen LogP contribution in [0, 0.1) is 0 Å². The molecule has 0 atom stereocenters. The van der Waals surface area contributed by atoms with Gasteiger partial charge in [0, 0.05) is 12.6 Å². The summed E-state index contributed by atoms with van der Waals surface area (Å²) in [6.45, 7) is 3.95. The fourth-order valence-corrected chi connectivity index (χ4v) is 4.83. The van der Waals surface area contributed by atoms with E-state index in [0.29, 0.717) is 39.4 Å². The number of rotatable bonds is 10. The first-order valence-electron chi connectivity index (χ1n) is 10.4. The van der Waals surface area contributed by atoms with Gasteiger partial charge in [0.25, 0.3) is 15.9 Å². The van der Waals surface area contributed by atoms with Gasteiger partial charge in [0.15, 0.2) is 11.5 Å². The minimum absolute atomic E-state index is 0.183. The van der Waals surface area contributed by atoms with Crippen LogP contribution < -0.4 is 19.2 Å². The first-order valence-corrected chi connectivity index (χ1v) is 12.6. The molecule has 0 aromatic heterocycles. The molecule has 0 aliphatic heterocycles. The molecule has 0 spiro atoms. The number of hydrogen-bond acceptors (Lipinski definition) is 6. The summed E-state index contributed by atoms with van der Waals surface area (Å²) < 4.78 is 38.3. The number of hydrogen-bond donors (Lipinski definition) is 1. The second-order valence-electron chi connectivity index (χ2n) is 7.17. The quantitative estimate of drug-likeness (QED) is 0.223. The van der Waals surface area contributed by atoms with Crippen molar-refractivity contribution in [1.82, 2.24) is 5.43 Å². The maximum Gasteiger partial charge on any atom is 0.271 e. The molecular formula is C25H24BrN3O5S. The third-order valence-corrected chi connectivity index (χ3v) is 7.26. The Hall–Kier alpha value is -3.63. The zero-order valence-electron chi connectivity index (χ0n) is 19.1. The van der Waals surface area contributed by atoms with Crippen LogP contribution in [0.2, 0.25) is 0 Å². The van der Waals surface area contributed by atoms with E-state index in [0.717, 1.165) is 4.31 Å². The molecule has 0 saturated carbocycles. The van der Waals surface area contributed by atoms with Crippen molar-refractivity contribution in [1.29, 1.82) is 0 Å². The number of amides is 1. The number of ether oxygens (including phenoxy) is 2. The lowest BCUT2D eigenvalue weighted by Gasteiger charge is -2.19. The van der Waals surface area contributed by atoms with Gasteiger partial charge in [-0.05, 0) is 70.0 Å². The molecule has 3 rings (SSSR count). The molecule has 3 aromatic carbocycles. The molecule has 0 heterocycles. The summed E-state index contributed by atoms with van der Waals surface area (Å²) >= 11 is 3.44. The zero-order chi connectivity index (χ0) is 25.4. The van der Waals surface area contributed by atoms with Gasteiger partial charge in [0.2, 0.25) is 0 Å². The van der Waals surface area contributed by atoms with Gasteiger partial charge in [-0.15, -0.1) is 0 Å². The molecule has 8 nitrogen and oxygen atoms in total. The molecule has 0 fully saturated rings. The predicted molar refractivity (Wildman–Crippen MR) is 140 cm³/mol. The molecule has 1 N–H and O–H groups in total. The van der Waals surface area contributed by atoms with E-state index in [1.807, 2.05) is 0 Å². The Morgan fingerprint density at radius 2 is 1.83 bits per heavy atom. The van der Waals surface area contributed by atoms with Crippen LogP contribution in [-0.2, 0) is 10.0 Å². The topological polar surface area (TPSA) is 97.3 Å². The monoisotopic (exact) mass is 557 g/mol. The fourth-order valence-electron chi connectivity index (χ4n) is 3.04. The van der Waals surface area contributed by atoms with E-state index in [-0.39, 0.29) is 4.90 Å². The van der Waals surface area contributed by atoms with Crippen LogP contribution in [0.3, 0.4) is 0 Å². The van der Waals surface area contributed by atoms with Crippen LogP contribution in [0.25, 0.3) is 0 Å². The summed E-state index contributed by atoms with van der Waals surface area (Å²) in [5.74, 6) is 0.588. The van der Waals surface area contributed by atoms with Gasteiger partial charge in [-0.2, -0.15) is 5.10 Å². The highest BCUT2D eigenvalue weighted by atomic mass is 79.9. The van der Waals surface area contributed by atoms with Crippen LogP contribution in [0.5, 0.6) is 11.5 Å². The SMILES string of the molecule is C=CCOc1c(Br)cc(C=NNC(=O)c2ccc(N(C)S(=O)(=O)c3ccccc3)cc2)cc1OC. The van der Waals surface area contributed by atoms with Crippen molar-refractivity contribution in [2.45, 2.75) is 4.90 Å². The number of nitrogens with one attached hydrogen (secondary N) is 1. The molecule has 3 aromatic rings. The van der Waals surface area contributed by atoms with Gasteiger partial charge < -0.3 is 9.47 Å².